The second-order valence-electron chi connectivity index (χ2n) is 5.37. The molecule has 0 atom stereocenters. The third-order valence-electron chi connectivity index (χ3n) is 4.24. The van der Waals surface area contributed by atoms with Crippen molar-refractivity contribution in [3.05, 3.63) is 32.7 Å². The summed E-state index contributed by atoms with van der Waals surface area (Å²) in [6, 6.07) is 6.35. The molecule has 1 heterocycles. The molecule has 1 aliphatic rings. The van der Waals surface area contributed by atoms with Gasteiger partial charge in [-0.15, -0.1) is 0 Å². The highest BCUT2D eigenvalue weighted by Crippen LogP contribution is 2.25. The van der Waals surface area contributed by atoms with Crippen LogP contribution in [-0.4, -0.2) is 47.9 Å². The molecule has 1 aromatic carbocycles. The number of rotatable bonds is 4. The van der Waals surface area contributed by atoms with Gasteiger partial charge in [-0.2, -0.15) is 0 Å². The van der Waals surface area contributed by atoms with Crippen LogP contribution in [0.1, 0.15) is 37.0 Å². The minimum Gasteiger partial charge on any atom is -0.338 e. The van der Waals surface area contributed by atoms with Crippen molar-refractivity contribution in [2.75, 3.05) is 26.2 Å². The molecule has 0 bridgehead atoms. The van der Waals surface area contributed by atoms with Crippen LogP contribution in [0.15, 0.2) is 27.1 Å². The number of amides is 1. The number of likely N-dealkylation sites (tertiary alicyclic amines) is 1. The fourth-order valence-electron chi connectivity index (χ4n) is 3.01. The molecule has 0 aromatic heterocycles. The van der Waals surface area contributed by atoms with Crippen LogP contribution in [0.3, 0.4) is 0 Å². The number of halogens is 2. The first-order valence-corrected chi connectivity index (χ1v) is 9.13. The Hall–Kier alpha value is -0.390. The zero-order chi connectivity index (χ0) is 15.4. The van der Waals surface area contributed by atoms with Crippen molar-refractivity contribution in [2.45, 2.75) is 32.7 Å². The van der Waals surface area contributed by atoms with Crippen LogP contribution in [0.25, 0.3) is 0 Å². The molecule has 1 fully saturated rings. The van der Waals surface area contributed by atoms with Gasteiger partial charge in [0.2, 0.25) is 0 Å². The van der Waals surface area contributed by atoms with Crippen LogP contribution in [0.5, 0.6) is 0 Å². The van der Waals surface area contributed by atoms with Crippen LogP contribution >= 0.6 is 31.9 Å². The summed E-state index contributed by atoms with van der Waals surface area (Å²) in [6.45, 7) is 8.30. The Morgan fingerprint density at radius 3 is 2.38 bits per heavy atom. The fourth-order valence-corrected chi connectivity index (χ4v) is 4.22. The Balaban J connectivity index is 2.00. The number of carbonyl (C=O) groups excluding carboxylic acids is 1. The predicted molar refractivity (Wildman–Crippen MR) is 93.7 cm³/mol. The lowest BCUT2D eigenvalue weighted by atomic mass is 10.0. The zero-order valence-corrected chi connectivity index (χ0v) is 15.8. The summed E-state index contributed by atoms with van der Waals surface area (Å²) < 4.78 is 1.83. The molecule has 1 saturated heterocycles. The lowest BCUT2D eigenvalue weighted by molar-refractivity contribution is 0.0630. The van der Waals surface area contributed by atoms with Gasteiger partial charge in [0, 0.05) is 28.1 Å². The van der Waals surface area contributed by atoms with Gasteiger partial charge in [0.1, 0.15) is 0 Å². The maximum Gasteiger partial charge on any atom is 0.255 e. The summed E-state index contributed by atoms with van der Waals surface area (Å²) in [5.41, 5.74) is 0.750. The third-order valence-corrected chi connectivity index (χ3v) is 5.39. The quantitative estimate of drug-likeness (QED) is 0.734. The Morgan fingerprint density at radius 1 is 1.24 bits per heavy atom. The van der Waals surface area contributed by atoms with Crippen molar-refractivity contribution < 1.29 is 4.79 Å². The van der Waals surface area contributed by atoms with E-state index in [9.17, 15) is 4.79 Å². The molecule has 21 heavy (non-hydrogen) atoms. The van der Waals surface area contributed by atoms with Crippen LogP contribution in [0.2, 0.25) is 0 Å². The van der Waals surface area contributed by atoms with Crippen molar-refractivity contribution >= 4 is 37.8 Å². The van der Waals surface area contributed by atoms with Gasteiger partial charge < -0.3 is 9.80 Å². The number of hydrogen-bond acceptors (Lipinski definition) is 2. The van der Waals surface area contributed by atoms with E-state index in [4.69, 9.17) is 0 Å². The van der Waals surface area contributed by atoms with E-state index in [0.29, 0.717) is 6.04 Å². The standard InChI is InChI=1S/C16H22Br2N2O/c1-3-19(4-2)13-7-9-20(10-8-13)16(21)14-6-5-12(17)11-15(14)18/h5-6,11,13H,3-4,7-10H2,1-2H3. The topological polar surface area (TPSA) is 23.6 Å². The molecule has 5 heteroatoms. The van der Waals surface area contributed by atoms with E-state index in [-0.39, 0.29) is 5.91 Å². The minimum absolute atomic E-state index is 0.132. The molecule has 0 aliphatic carbocycles. The summed E-state index contributed by atoms with van der Waals surface area (Å²) in [4.78, 5) is 17.1. The van der Waals surface area contributed by atoms with E-state index in [2.05, 4.69) is 50.6 Å². The van der Waals surface area contributed by atoms with Gasteiger partial charge in [-0.1, -0.05) is 29.8 Å². The number of carbonyl (C=O) groups is 1. The van der Waals surface area contributed by atoms with E-state index >= 15 is 0 Å². The van der Waals surface area contributed by atoms with Gasteiger partial charge in [-0.05, 0) is 60.1 Å². The highest BCUT2D eigenvalue weighted by atomic mass is 79.9. The largest absolute Gasteiger partial charge is 0.338 e. The average Bonchev–Trinajstić information content (AvgIpc) is 2.48. The molecule has 0 saturated carbocycles. The Labute approximate surface area is 143 Å². The average molecular weight is 418 g/mol. The number of hydrogen-bond donors (Lipinski definition) is 0. The lowest BCUT2D eigenvalue weighted by Gasteiger charge is -2.37. The van der Waals surface area contributed by atoms with Gasteiger partial charge in [0.25, 0.3) is 5.91 Å². The molecule has 2 rings (SSSR count). The SMILES string of the molecule is CCN(CC)C1CCN(C(=O)c2ccc(Br)cc2Br)CC1. The van der Waals surface area contributed by atoms with Gasteiger partial charge in [0.15, 0.2) is 0 Å². The van der Waals surface area contributed by atoms with E-state index in [0.717, 1.165) is 53.5 Å². The molecule has 0 unspecified atom stereocenters. The third kappa shape index (κ3) is 4.08. The highest BCUT2D eigenvalue weighted by Gasteiger charge is 2.26. The molecule has 1 aliphatic heterocycles. The molecule has 3 nitrogen and oxygen atoms in total. The van der Waals surface area contributed by atoms with Crippen molar-refractivity contribution in [1.29, 1.82) is 0 Å². The molecule has 0 spiro atoms. The van der Waals surface area contributed by atoms with Gasteiger partial charge >= 0.3 is 0 Å². The Kier molecular flexibility index (Phi) is 6.26. The first-order chi connectivity index (χ1) is 10.1. The molecule has 1 aromatic rings. The first-order valence-electron chi connectivity index (χ1n) is 7.55. The molecule has 116 valence electrons. The number of nitrogens with zero attached hydrogens (tertiary/aromatic N) is 2. The zero-order valence-electron chi connectivity index (χ0n) is 12.6. The Morgan fingerprint density at radius 2 is 1.86 bits per heavy atom. The second kappa shape index (κ2) is 7.75. The van der Waals surface area contributed by atoms with Crippen LogP contribution in [0, 0.1) is 0 Å². The van der Waals surface area contributed by atoms with E-state index in [1.54, 1.807) is 0 Å². The van der Waals surface area contributed by atoms with Gasteiger partial charge in [-0.3, -0.25) is 4.79 Å². The van der Waals surface area contributed by atoms with Crippen molar-refractivity contribution in [3.8, 4) is 0 Å². The Bertz CT molecular complexity index is 495. The molecular formula is C16H22Br2N2O. The summed E-state index contributed by atoms with van der Waals surface area (Å²) in [7, 11) is 0. The maximum atomic E-state index is 12.6. The summed E-state index contributed by atoms with van der Waals surface area (Å²) in [6.07, 6.45) is 2.14. The van der Waals surface area contributed by atoms with Crippen molar-refractivity contribution in [2.24, 2.45) is 0 Å². The molecule has 1 amide bonds. The van der Waals surface area contributed by atoms with E-state index in [1.807, 2.05) is 23.1 Å². The van der Waals surface area contributed by atoms with Crippen LogP contribution in [-0.2, 0) is 0 Å². The number of benzene rings is 1. The fraction of sp³-hybridized carbons (Fsp3) is 0.562. The first kappa shape index (κ1) is 17.0. The van der Waals surface area contributed by atoms with E-state index < -0.39 is 0 Å². The number of piperidine rings is 1. The van der Waals surface area contributed by atoms with Crippen molar-refractivity contribution in [3.63, 3.8) is 0 Å². The normalized spacial score (nSPS) is 16.5. The smallest absolute Gasteiger partial charge is 0.255 e. The molecular weight excluding hydrogens is 396 g/mol. The van der Waals surface area contributed by atoms with Crippen LogP contribution in [0.4, 0.5) is 0 Å². The molecule has 0 N–H and O–H groups in total. The monoisotopic (exact) mass is 416 g/mol. The van der Waals surface area contributed by atoms with Crippen molar-refractivity contribution in [1.82, 2.24) is 9.80 Å². The van der Waals surface area contributed by atoms with Gasteiger partial charge in [-0.25, -0.2) is 0 Å². The summed E-state index contributed by atoms with van der Waals surface area (Å²) >= 11 is 6.91. The maximum absolute atomic E-state index is 12.6. The highest BCUT2D eigenvalue weighted by molar-refractivity contribution is 9.11. The molecule has 0 radical (unpaired) electrons. The summed E-state index contributed by atoms with van der Waals surface area (Å²) in [5.74, 6) is 0.132. The van der Waals surface area contributed by atoms with Gasteiger partial charge in [0.05, 0.1) is 5.56 Å². The minimum atomic E-state index is 0.132. The summed E-state index contributed by atoms with van der Waals surface area (Å²) in [5, 5.41) is 0. The van der Waals surface area contributed by atoms with Crippen LogP contribution < -0.4 is 0 Å². The second-order valence-corrected chi connectivity index (χ2v) is 7.14. The van der Waals surface area contributed by atoms with E-state index in [1.165, 1.54) is 0 Å². The predicted octanol–water partition coefficient (Wildman–Crippen LogP) is 4.16. The lowest BCUT2D eigenvalue weighted by Crippen LogP contribution is -2.46.